The highest BCUT2D eigenvalue weighted by Crippen LogP contribution is 2.65. The van der Waals surface area contributed by atoms with Gasteiger partial charge >= 0.3 is 0 Å². The van der Waals surface area contributed by atoms with Gasteiger partial charge in [-0.15, -0.1) is 0 Å². The number of piperidine rings is 1. The first kappa shape index (κ1) is 23.6. The molecule has 0 radical (unpaired) electrons. The maximum Gasteiger partial charge on any atom is 0.0543 e. The highest BCUT2D eigenvalue weighted by atomic mass is 16.3. The van der Waals surface area contributed by atoms with Crippen molar-refractivity contribution < 1.29 is 5.11 Å². The lowest BCUT2D eigenvalue weighted by Crippen LogP contribution is -2.68. The van der Waals surface area contributed by atoms with Gasteiger partial charge in [0.1, 0.15) is 0 Å². The van der Waals surface area contributed by atoms with Gasteiger partial charge in [0.2, 0.25) is 0 Å². The number of aliphatic hydroxyl groups is 1. The largest absolute Gasteiger partial charge is 0.393 e. The fourth-order valence-electron chi connectivity index (χ4n) is 8.26. The van der Waals surface area contributed by atoms with Crippen molar-refractivity contribution >= 4 is 0 Å². The van der Waals surface area contributed by atoms with Crippen LogP contribution in [0.1, 0.15) is 93.4 Å². The Hall–Kier alpha value is -0.600. The van der Waals surface area contributed by atoms with Gasteiger partial charge < -0.3 is 10.4 Å². The van der Waals surface area contributed by atoms with E-state index >= 15 is 0 Å². The summed E-state index contributed by atoms with van der Waals surface area (Å²) in [5, 5.41) is 14.4. The summed E-state index contributed by atoms with van der Waals surface area (Å²) in [5.74, 6) is 4.07. The number of hydrogen-bond acceptors (Lipinski definition) is 2. The van der Waals surface area contributed by atoms with Crippen LogP contribution in [0.3, 0.4) is 0 Å². The van der Waals surface area contributed by atoms with Gasteiger partial charge in [0.25, 0.3) is 0 Å². The zero-order valence-electron chi connectivity index (χ0n) is 21.4. The summed E-state index contributed by atoms with van der Waals surface area (Å²) in [6.45, 7) is 18.4. The predicted octanol–water partition coefficient (Wildman–Crippen LogP) is 6.75. The Bertz CT molecular complexity index is 724. The average molecular weight is 428 g/mol. The molecule has 1 aliphatic heterocycles. The van der Waals surface area contributed by atoms with Gasteiger partial charge in [-0.1, -0.05) is 65.3 Å². The Kier molecular flexibility index (Phi) is 6.32. The smallest absolute Gasteiger partial charge is 0.0543 e. The Balaban J connectivity index is 1.63. The summed E-state index contributed by atoms with van der Waals surface area (Å²) >= 11 is 0. The minimum Gasteiger partial charge on any atom is -0.393 e. The molecule has 2 N–H and O–H groups in total. The Morgan fingerprint density at radius 2 is 1.77 bits per heavy atom. The second-order valence-corrected chi connectivity index (χ2v) is 12.8. The summed E-state index contributed by atoms with van der Waals surface area (Å²) in [7, 11) is 0. The number of nitrogens with one attached hydrogen (secondary N) is 1. The molecule has 4 aliphatic rings. The summed E-state index contributed by atoms with van der Waals surface area (Å²) in [6, 6.07) is 0. The minimum atomic E-state index is -0.0736. The standard InChI is InChI=1S/C29H49NO/c1-19(2)20(3)8-9-21(4)24-14-17-30-29(7)26-11-10-22-18-23(31)12-15-27(22,5)25(26)13-16-28(24,29)6/h8-9,11,19-25,30-31H,10,12-18H2,1-7H3/b9-8+/t20-,21+,22?,23-,24?,25?,27-,28+,29-/m0/s1. The Labute approximate surface area is 192 Å². The molecule has 1 heterocycles. The zero-order valence-corrected chi connectivity index (χ0v) is 21.4. The van der Waals surface area contributed by atoms with Crippen LogP contribution < -0.4 is 5.32 Å². The third-order valence-corrected chi connectivity index (χ3v) is 11.1. The molecule has 2 saturated carbocycles. The lowest BCUT2D eigenvalue weighted by Gasteiger charge is -2.66. The molecule has 0 amide bonds. The highest BCUT2D eigenvalue weighted by Gasteiger charge is 2.62. The fourth-order valence-corrected chi connectivity index (χ4v) is 8.26. The molecule has 2 heteroatoms. The quantitative estimate of drug-likeness (QED) is 0.486. The zero-order chi connectivity index (χ0) is 22.6. The molecule has 31 heavy (non-hydrogen) atoms. The number of aliphatic hydroxyl groups excluding tert-OH is 1. The molecule has 4 rings (SSSR count). The van der Waals surface area contributed by atoms with Crippen molar-refractivity contribution in [3.63, 3.8) is 0 Å². The third kappa shape index (κ3) is 3.68. The minimum absolute atomic E-state index is 0.0736. The molecular formula is C29H49NO. The second kappa shape index (κ2) is 8.32. The van der Waals surface area contributed by atoms with Gasteiger partial charge in [0.15, 0.2) is 0 Å². The summed E-state index contributed by atoms with van der Waals surface area (Å²) in [6.07, 6.45) is 15.9. The molecule has 0 aromatic rings. The molecule has 3 unspecified atom stereocenters. The monoisotopic (exact) mass is 427 g/mol. The molecule has 2 nitrogen and oxygen atoms in total. The average Bonchev–Trinajstić information content (AvgIpc) is 2.72. The molecule has 176 valence electrons. The van der Waals surface area contributed by atoms with E-state index in [4.69, 9.17) is 0 Å². The van der Waals surface area contributed by atoms with E-state index in [0.29, 0.717) is 40.4 Å². The van der Waals surface area contributed by atoms with E-state index < -0.39 is 0 Å². The van der Waals surface area contributed by atoms with Crippen LogP contribution in [0.2, 0.25) is 0 Å². The first-order valence-electron chi connectivity index (χ1n) is 13.3. The molecule has 9 atom stereocenters. The summed E-state index contributed by atoms with van der Waals surface area (Å²) < 4.78 is 0. The van der Waals surface area contributed by atoms with Crippen molar-refractivity contribution in [2.75, 3.05) is 6.54 Å². The molecule has 0 spiro atoms. The first-order valence-corrected chi connectivity index (χ1v) is 13.3. The number of rotatable bonds is 4. The van der Waals surface area contributed by atoms with Crippen LogP contribution in [0.25, 0.3) is 0 Å². The van der Waals surface area contributed by atoms with Crippen LogP contribution >= 0.6 is 0 Å². The van der Waals surface area contributed by atoms with Gasteiger partial charge in [0.05, 0.1) is 6.10 Å². The van der Waals surface area contributed by atoms with Crippen molar-refractivity contribution in [1.82, 2.24) is 5.32 Å². The SMILES string of the molecule is CC(C)[C@@H](C)/C=C/[C@@H](C)C1CCN[C@@]2(C)C3=CCC4C[C@@H](O)CC[C@]4(C)C3CC[C@]12C. The van der Waals surface area contributed by atoms with E-state index in [2.05, 4.69) is 72.0 Å². The number of fused-ring (bicyclic) bond motifs is 5. The van der Waals surface area contributed by atoms with Gasteiger partial charge in [-0.2, -0.15) is 0 Å². The molecular weight excluding hydrogens is 378 g/mol. The van der Waals surface area contributed by atoms with E-state index in [-0.39, 0.29) is 11.6 Å². The van der Waals surface area contributed by atoms with Crippen LogP contribution in [-0.4, -0.2) is 23.3 Å². The second-order valence-electron chi connectivity index (χ2n) is 12.8. The fraction of sp³-hybridized carbons (Fsp3) is 0.862. The molecule has 1 saturated heterocycles. The topological polar surface area (TPSA) is 32.3 Å². The normalized spacial score (nSPS) is 47.3. The van der Waals surface area contributed by atoms with Crippen molar-refractivity contribution in [2.45, 2.75) is 105 Å². The van der Waals surface area contributed by atoms with Crippen molar-refractivity contribution in [2.24, 2.45) is 46.3 Å². The predicted molar refractivity (Wildman–Crippen MR) is 132 cm³/mol. The molecule has 3 fully saturated rings. The molecule has 0 aromatic heterocycles. The maximum atomic E-state index is 10.3. The lowest BCUT2D eigenvalue weighted by atomic mass is 9.43. The van der Waals surface area contributed by atoms with E-state index in [1.54, 1.807) is 5.57 Å². The van der Waals surface area contributed by atoms with Crippen LogP contribution in [-0.2, 0) is 0 Å². The van der Waals surface area contributed by atoms with Crippen LogP contribution in [0.5, 0.6) is 0 Å². The number of allylic oxidation sites excluding steroid dienone is 3. The molecule has 0 bridgehead atoms. The van der Waals surface area contributed by atoms with Crippen LogP contribution in [0.15, 0.2) is 23.8 Å². The Morgan fingerprint density at radius 1 is 1.03 bits per heavy atom. The third-order valence-electron chi connectivity index (χ3n) is 11.1. The van der Waals surface area contributed by atoms with E-state index in [0.717, 1.165) is 25.3 Å². The van der Waals surface area contributed by atoms with Gasteiger partial charge in [0, 0.05) is 5.54 Å². The summed E-state index contributed by atoms with van der Waals surface area (Å²) in [4.78, 5) is 0. The van der Waals surface area contributed by atoms with E-state index in [9.17, 15) is 5.11 Å². The molecule has 0 aromatic carbocycles. The maximum absolute atomic E-state index is 10.3. The molecule has 3 aliphatic carbocycles. The van der Waals surface area contributed by atoms with Gasteiger partial charge in [-0.25, -0.2) is 0 Å². The van der Waals surface area contributed by atoms with Gasteiger partial charge in [-0.05, 0) is 105 Å². The van der Waals surface area contributed by atoms with Crippen LogP contribution in [0, 0.1) is 46.3 Å². The van der Waals surface area contributed by atoms with Crippen molar-refractivity contribution in [1.29, 1.82) is 0 Å². The van der Waals surface area contributed by atoms with Crippen molar-refractivity contribution in [3.8, 4) is 0 Å². The van der Waals surface area contributed by atoms with E-state index in [1.807, 2.05) is 0 Å². The lowest BCUT2D eigenvalue weighted by molar-refractivity contribution is -0.0769. The summed E-state index contributed by atoms with van der Waals surface area (Å²) in [5.41, 5.74) is 2.51. The Morgan fingerprint density at radius 3 is 2.48 bits per heavy atom. The van der Waals surface area contributed by atoms with Crippen LogP contribution in [0.4, 0.5) is 0 Å². The van der Waals surface area contributed by atoms with Crippen molar-refractivity contribution in [3.05, 3.63) is 23.8 Å². The highest BCUT2D eigenvalue weighted by molar-refractivity contribution is 5.36. The number of hydrogen-bond donors (Lipinski definition) is 2. The first-order chi connectivity index (χ1) is 14.5. The van der Waals surface area contributed by atoms with Gasteiger partial charge in [-0.3, -0.25) is 0 Å². The van der Waals surface area contributed by atoms with E-state index in [1.165, 1.54) is 32.1 Å².